The summed E-state index contributed by atoms with van der Waals surface area (Å²) in [6.07, 6.45) is 1.06. The number of rotatable bonds is 6. The molecule has 0 atom stereocenters. The lowest BCUT2D eigenvalue weighted by Crippen LogP contribution is -2.16. The van der Waals surface area contributed by atoms with Crippen LogP contribution in [0.1, 0.15) is 30.0 Å². The fourth-order valence-electron chi connectivity index (χ4n) is 1.71. The van der Waals surface area contributed by atoms with E-state index in [0.717, 1.165) is 31.9 Å². The first-order valence-corrected chi connectivity index (χ1v) is 6.06. The minimum absolute atomic E-state index is 0.788. The molecule has 0 saturated heterocycles. The van der Waals surface area contributed by atoms with Gasteiger partial charge in [-0.25, -0.2) is 0 Å². The first-order chi connectivity index (χ1) is 7.65. The molecule has 2 heteroatoms. The SMILES string of the molecule is CCNCCCOc1cc(C)cc(C)c1C. The van der Waals surface area contributed by atoms with E-state index in [1.54, 1.807) is 0 Å². The van der Waals surface area contributed by atoms with Crippen molar-refractivity contribution in [3.05, 3.63) is 28.8 Å². The molecule has 0 spiro atoms. The Balaban J connectivity index is 2.47. The van der Waals surface area contributed by atoms with Gasteiger partial charge >= 0.3 is 0 Å². The van der Waals surface area contributed by atoms with Crippen LogP contribution in [-0.2, 0) is 0 Å². The lowest BCUT2D eigenvalue weighted by atomic mass is 10.1. The van der Waals surface area contributed by atoms with Gasteiger partial charge in [-0.05, 0) is 63.0 Å². The van der Waals surface area contributed by atoms with E-state index in [4.69, 9.17) is 4.74 Å². The first-order valence-electron chi connectivity index (χ1n) is 6.06. The third-order valence-electron chi connectivity index (χ3n) is 2.77. The zero-order valence-electron chi connectivity index (χ0n) is 10.9. The van der Waals surface area contributed by atoms with Crippen molar-refractivity contribution < 1.29 is 4.74 Å². The van der Waals surface area contributed by atoms with Gasteiger partial charge in [0.1, 0.15) is 5.75 Å². The zero-order chi connectivity index (χ0) is 12.0. The van der Waals surface area contributed by atoms with Gasteiger partial charge in [0.2, 0.25) is 0 Å². The van der Waals surface area contributed by atoms with E-state index < -0.39 is 0 Å². The highest BCUT2D eigenvalue weighted by molar-refractivity contribution is 5.41. The summed E-state index contributed by atoms with van der Waals surface area (Å²) < 4.78 is 5.81. The van der Waals surface area contributed by atoms with Gasteiger partial charge in [0, 0.05) is 0 Å². The molecule has 0 radical (unpaired) electrons. The van der Waals surface area contributed by atoms with Crippen LogP contribution in [0.25, 0.3) is 0 Å². The number of aryl methyl sites for hydroxylation is 2. The van der Waals surface area contributed by atoms with E-state index in [-0.39, 0.29) is 0 Å². The minimum atomic E-state index is 0.788. The molecule has 0 aliphatic heterocycles. The maximum Gasteiger partial charge on any atom is 0.122 e. The third kappa shape index (κ3) is 3.86. The van der Waals surface area contributed by atoms with Crippen LogP contribution in [0.3, 0.4) is 0 Å². The number of hydrogen-bond acceptors (Lipinski definition) is 2. The number of nitrogens with one attached hydrogen (secondary N) is 1. The second-order valence-electron chi connectivity index (χ2n) is 4.26. The molecule has 90 valence electrons. The summed E-state index contributed by atoms with van der Waals surface area (Å²) in [5.41, 5.74) is 3.83. The van der Waals surface area contributed by atoms with E-state index >= 15 is 0 Å². The third-order valence-corrected chi connectivity index (χ3v) is 2.77. The van der Waals surface area contributed by atoms with Crippen molar-refractivity contribution >= 4 is 0 Å². The van der Waals surface area contributed by atoms with Crippen molar-refractivity contribution in [2.24, 2.45) is 0 Å². The van der Waals surface area contributed by atoms with E-state index in [0.29, 0.717) is 0 Å². The zero-order valence-corrected chi connectivity index (χ0v) is 10.9. The fraction of sp³-hybridized carbons (Fsp3) is 0.571. The smallest absolute Gasteiger partial charge is 0.122 e. The van der Waals surface area contributed by atoms with Crippen LogP contribution in [0, 0.1) is 20.8 Å². The molecule has 16 heavy (non-hydrogen) atoms. The molecule has 1 aromatic carbocycles. The number of hydrogen-bond donors (Lipinski definition) is 1. The predicted molar refractivity (Wildman–Crippen MR) is 69.3 cm³/mol. The summed E-state index contributed by atoms with van der Waals surface area (Å²) >= 11 is 0. The summed E-state index contributed by atoms with van der Waals surface area (Å²) in [6.45, 7) is 11.3. The van der Waals surface area contributed by atoms with Gasteiger partial charge in [-0.3, -0.25) is 0 Å². The van der Waals surface area contributed by atoms with Gasteiger partial charge in [0.15, 0.2) is 0 Å². The molecular formula is C14H23NO. The molecule has 2 nitrogen and oxygen atoms in total. The molecule has 0 fully saturated rings. The van der Waals surface area contributed by atoms with E-state index in [1.165, 1.54) is 16.7 Å². The lowest BCUT2D eigenvalue weighted by molar-refractivity contribution is 0.306. The topological polar surface area (TPSA) is 21.3 Å². The monoisotopic (exact) mass is 221 g/mol. The van der Waals surface area contributed by atoms with Crippen molar-refractivity contribution in [2.75, 3.05) is 19.7 Å². The Hall–Kier alpha value is -1.02. The van der Waals surface area contributed by atoms with E-state index in [9.17, 15) is 0 Å². The molecule has 0 unspecified atom stereocenters. The van der Waals surface area contributed by atoms with Crippen molar-refractivity contribution in [3.8, 4) is 5.75 Å². The van der Waals surface area contributed by atoms with Crippen molar-refractivity contribution in [1.29, 1.82) is 0 Å². The van der Waals surface area contributed by atoms with Crippen LogP contribution in [-0.4, -0.2) is 19.7 Å². The van der Waals surface area contributed by atoms with Gasteiger partial charge in [-0.1, -0.05) is 13.0 Å². The molecule has 1 aromatic rings. The second kappa shape index (κ2) is 6.54. The van der Waals surface area contributed by atoms with Crippen LogP contribution in [0.5, 0.6) is 5.75 Å². The highest BCUT2D eigenvalue weighted by atomic mass is 16.5. The second-order valence-corrected chi connectivity index (χ2v) is 4.26. The molecule has 1 rings (SSSR count). The summed E-state index contributed by atoms with van der Waals surface area (Å²) in [4.78, 5) is 0. The van der Waals surface area contributed by atoms with Gasteiger partial charge < -0.3 is 10.1 Å². The fourth-order valence-corrected chi connectivity index (χ4v) is 1.71. The Kier molecular flexibility index (Phi) is 5.33. The Morgan fingerprint density at radius 1 is 1.19 bits per heavy atom. The summed E-state index contributed by atoms with van der Waals surface area (Å²) in [7, 11) is 0. The molecule has 0 heterocycles. The number of benzene rings is 1. The van der Waals surface area contributed by atoms with E-state index in [2.05, 4.69) is 45.1 Å². The highest BCUT2D eigenvalue weighted by Crippen LogP contribution is 2.23. The van der Waals surface area contributed by atoms with Crippen molar-refractivity contribution in [1.82, 2.24) is 5.32 Å². The summed E-state index contributed by atoms with van der Waals surface area (Å²) in [5, 5.41) is 3.29. The van der Waals surface area contributed by atoms with Crippen LogP contribution in [0.2, 0.25) is 0 Å². The van der Waals surface area contributed by atoms with Gasteiger partial charge in [-0.2, -0.15) is 0 Å². The van der Waals surface area contributed by atoms with Gasteiger partial charge in [-0.15, -0.1) is 0 Å². The maximum atomic E-state index is 5.81. The summed E-state index contributed by atoms with van der Waals surface area (Å²) in [6, 6.07) is 4.32. The predicted octanol–water partition coefficient (Wildman–Crippen LogP) is 2.99. The molecule has 0 saturated carbocycles. The maximum absolute atomic E-state index is 5.81. The van der Waals surface area contributed by atoms with Gasteiger partial charge in [0.05, 0.1) is 6.61 Å². The Bertz CT molecular complexity index is 334. The molecule has 0 bridgehead atoms. The van der Waals surface area contributed by atoms with E-state index in [1.807, 2.05) is 0 Å². The Labute approximate surface area is 99.0 Å². The van der Waals surface area contributed by atoms with Crippen LogP contribution >= 0.6 is 0 Å². The van der Waals surface area contributed by atoms with Crippen molar-refractivity contribution in [2.45, 2.75) is 34.1 Å². The van der Waals surface area contributed by atoms with Crippen LogP contribution in [0.4, 0.5) is 0 Å². The molecular weight excluding hydrogens is 198 g/mol. The molecule has 0 aliphatic carbocycles. The van der Waals surface area contributed by atoms with Gasteiger partial charge in [0.25, 0.3) is 0 Å². The van der Waals surface area contributed by atoms with Crippen LogP contribution < -0.4 is 10.1 Å². The highest BCUT2D eigenvalue weighted by Gasteiger charge is 2.03. The molecule has 0 amide bonds. The summed E-state index contributed by atoms with van der Waals surface area (Å²) in [5.74, 6) is 1.04. The normalized spacial score (nSPS) is 10.5. The average molecular weight is 221 g/mol. The Morgan fingerprint density at radius 3 is 2.62 bits per heavy atom. The average Bonchev–Trinajstić information content (AvgIpc) is 2.24. The first kappa shape index (κ1) is 13.0. The Morgan fingerprint density at radius 2 is 1.94 bits per heavy atom. The standard InChI is InChI=1S/C14H23NO/c1-5-15-7-6-8-16-14-10-11(2)9-12(3)13(14)4/h9-10,15H,5-8H2,1-4H3. The quantitative estimate of drug-likeness (QED) is 0.746. The van der Waals surface area contributed by atoms with Crippen LogP contribution in [0.15, 0.2) is 12.1 Å². The largest absolute Gasteiger partial charge is 0.493 e. The molecule has 1 N–H and O–H groups in total. The number of ether oxygens (including phenoxy) is 1. The minimum Gasteiger partial charge on any atom is -0.493 e. The lowest BCUT2D eigenvalue weighted by Gasteiger charge is -2.12. The molecule has 0 aromatic heterocycles. The molecule has 0 aliphatic rings. The van der Waals surface area contributed by atoms with Crippen molar-refractivity contribution in [3.63, 3.8) is 0 Å².